The number of carboxylic acids is 1. The number of hydrogen-bond acceptors (Lipinski definition) is 3. The fourth-order valence-corrected chi connectivity index (χ4v) is 3.38. The quantitative estimate of drug-likeness (QED) is 0.517. The molecule has 0 amide bonds. The predicted molar refractivity (Wildman–Crippen MR) is 116 cm³/mol. The first-order chi connectivity index (χ1) is 14.1. The van der Waals surface area contributed by atoms with E-state index in [2.05, 4.69) is 37.3 Å². The van der Waals surface area contributed by atoms with Gasteiger partial charge in [0.2, 0.25) is 0 Å². The molecular formula is C25H27NO3. The maximum absolute atomic E-state index is 11.0. The summed E-state index contributed by atoms with van der Waals surface area (Å²) in [6.45, 7) is 2.52. The highest BCUT2D eigenvalue weighted by Crippen LogP contribution is 2.26. The maximum Gasteiger partial charge on any atom is 0.307 e. The van der Waals surface area contributed by atoms with Crippen molar-refractivity contribution in [2.75, 3.05) is 0 Å². The van der Waals surface area contributed by atoms with Gasteiger partial charge < -0.3 is 15.6 Å². The van der Waals surface area contributed by atoms with Gasteiger partial charge >= 0.3 is 5.97 Å². The van der Waals surface area contributed by atoms with E-state index in [1.54, 1.807) is 12.1 Å². The zero-order valence-corrected chi connectivity index (χ0v) is 16.7. The molecule has 0 aliphatic heterocycles. The lowest BCUT2D eigenvalue weighted by atomic mass is 9.97. The zero-order valence-electron chi connectivity index (χ0n) is 16.7. The number of para-hydroxylation sites is 1. The molecule has 1 atom stereocenters. The van der Waals surface area contributed by atoms with Crippen LogP contribution in [0.4, 0.5) is 0 Å². The number of rotatable bonds is 9. The Morgan fingerprint density at radius 3 is 2.48 bits per heavy atom. The minimum Gasteiger partial charge on any atom is -0.489 e. The zero-order chi connectivity index (χ0) is 20.6. The van der Waals surface area contributed by atoms with E-state index in [9.17, 15) is 4.79 Å². The fraction of sp³-hybridized carbons (Fsp3) is 0.240. The lowest BCUT2D eigenvalue weighted by Crippen LogP contribution is -2.09. The predicted octanol–water partition coefficient (Wildman–Crippen LogP) is 5.36. The summed E-state index contributed by atoms with van der Waals surface area (Å²) in [4.78, 5) is 11.0. The number of carboxylic acid groups (broad SMARTS) is 1. The first-order valence-electron chi connectivity index (χ1n) is 9.94. The molecule has 3 N–H and O–H groups in total. The molecule has 3 aromatic carbocycles. The Kier molecular flexibility index (Phi) is 7.04. The van der Waals surface area contributed by atoms with Crippen LogP contribution in [0.5, 0.6) is 5.75 Å². The van der Waals surface area contributed by atoms with Gasteiger partial charge in [-0.25, -0.2) is 0 Å². The third kappa shape index (κ3) is 5.69. The normalized spacial score (nSPS) is 11.8. The molecule has 150 valence electrons. The second-order valence-corrected chi connectivity index (χ2v) is 7.19. The van der Waals surface area contributed by atoms with Gasteiger partial charge in [0, 0.05) is 11.6 Å². The van der Waals surface area contributed by atoms with E-state index >= 15 is 0 Å². The van der Waals surface area contributed by atoms with Crippen LogP contribution in [0.1, 0.15) is 42.5 Å². The number of aliphatic carboxylic acids is 1. The summed E-state index contributed by atoms with van der Waals surface area (Å²) in [6.07, 6.45) is 1.97. The summed E-state index contributed by atoms with van der Waals surface area (Å²) in [7, 11) is 0. The van der Waals surface area contributed by atoms with Crippen molar-refractivity contribution in [2.24, 2.45) is 5.73 Å². The molecule has 0 aromatic heterocycles. The van der Waals surface area contributed by atoms with Gasteiger partial charge in [0.1, 0.15) is 12.4 Å². The molecule has 0 radical (unpaired) electrons. The summed E-state index contributed by atoms with van der Waals surface area (Å²) in [5.74, 6) is -0.267. The average Bonchev–Trinajstić information content (AvgIpc) is 2.73. The molecular weight excluding hydrogens is 362 g/mol. The van der Waals surface area contributed by atoms with Gasteiger partial charge in [-0.05, 0) is 46.9 Å². The molecule has 0 unspecified atom stereocenters. The molecule has 3 aromatic rings. The molecule has 0 aliphatic carbocycles. The van der Waals surface area contributed by atoms with Crippen LogP contribution in [0.25, 0.3) is 11.1 Å². The van der Waals surface area contributed by atoms with E-state index in [0.717, 1.165) is 35.1 Å². The maximum atomic E-state index is 11.0. The molecule has 4 nitrogen and oxygen atoms in total. The standard InChI is InChI=1S/C25H27NO3/c1-2-7-23(26)21-12-6-11-20(15-21)19-10-5-8-18(14-19)17-29-24-13-4-3-9-22(24)16-25(27)28/h3-6,8-15,23H,2,7,16-17,26H2,1H3,(H,27,28)/t23-/m1/s1. The molecule has 0 heterocycles. The summed E-state index contributed by atoms with van der Waals surface area (Å²) >= 11 is 0. The van der Waals surface area contributed by atoms with Crippen molar-refractivity contribution in [3.8, 4) is 16.9 Å². The Morgan fingerprint density at radius 2 is 1.72 bits per heavy atom. The number of hydrogen-bond donors (Lipinski definition) is 2. The molecule has 29 heavy (non-hydrogen) atoms. The molecule has 4 heteroatoms. The number of nitrogens with two attached hydrogens (primary N) is 1. The van der Waals surface area contributed by atoms with Crippen LogP contribution in [0.2, 0.25) is 0 Å². The Morgan fingerprint density at radius 1 is 1.00 bits per heavy atom. The summed E-state index contributed by atoms with van der Waals surface area (Å²) in [6, 6.07) is 23.9. The van der Waals surface area contributed by atoms with E-state index in [4.69, 9.17) is 15.6 Å². The van der Waals surface area contributed by atoms with Crippen molar-refractivity contribution in [2.45, 2.75) is 38.8 Å². The van der Waals surface area contributed by atoms with Crippen LogP contribution in [0.3, 0.4) is 0 Å². The van der Waals surface area contributed by atoms with Crippen LogP contribution < -0.4 is 10.5 Å². The third-order valence-electron chi connectivity index (χ3n) is 4.88. The van der Waals surface area contributed by atoms with Gasteiger partial charge in [0.15, 0.2) is 0 Å². The van der Waals surface area contributed by atoms with Crippen LogP contribution >= 0.6 is 0 Å². The lowest BCUT2D eigenvalue weighted by molar-refractivity contribution is -0.136. The molecule has 0 saturated heterocycles. The van der Waals surface area contributed by atoms with Crippen molar-refractivity contribution in [3.63, 3.8) is 0 Å². The summed E-state index contributed by atoms with van der Waals surface area (Å²) in [5, 5.41) is 9.07. The van der Waals surface area contributed by atoms with E-state index in [1.165, 1.54) is 0 Å². The van der Waals surface area contributed by atoms with Crippen molar-refractivity contribution in [1.29, 1.82) is 0 Å². The average molecular weight is 389 g/mol. The number of carbonyl (C=O) groups is 1. The SMILES string of the molecule is CCC[C@@H](N)c1cccc(-c2cccc(COc3ccccc3CC(=O)O)c2)c1. The van der Waals surface area contributed by atoms with Gasteiger partial charge in [-0.1, -0.05) is 67.9 Å². The van der Waals surface area contributed by atoms with Gasteiger partial charge in [0.05, 0.1) is 6.42 Å². The summed E-state index contributed by atoms with van der Waals surface area (Å²) in [5.41, 5.74) is 11.4. The highest BCUT2D eigenvalue weighted by Gasteiger charge is 2.09. The monoisotopic (exact) mass is 389 g/mol. The van der Waals surface area contributed by atoms with Crippen molar-refractivity contribution >= 4 is 5.97 Å². The third-order valence-corrected chi connectivity index (χ3v) is 4.88. The minimum absolute atomic E-state index is 0.0530. The minimum atomic E-state index is -0.871. The summed E-state index contributed by atoms with van der Waals surface area (Å²) < 4.78 is 5.93. The molecule has 0 bridgehead atoms. The Bertz CT molecular complexity index is 968. The van der Waals surface area contributed by atoms with Crippen LogP contribution in [-0.2, 0) is 17.8 Å². The van der Waals surface area contributed by atoms with E-state index in [0.29, 0.717) is 17.9 Å². The van der Waals surface area contributed by atoms with Gasteiger partial charge in [-0.15, -0.1) is 0 Å². The van der Waals surface area contributed by atoms with E-state index < -0.39 is 5.97 Å². The van der Waals surface area contributed by atoms with Gasteiger partial charge in [-0.2, -0.15) is 0 Å². The van der Waals surface area contributed by atoms with Crippen LogP contribution in [0, 0.1) is 0 Å². The highest BCUT2D eigenvalue weighted by molar-refractivity contribution is 5.71. The topological polar surface area (TPSA) is 72.5 Å². The number of ether oxygens (including phenoxy) is 1. The van der Waals surface area contributed by atoms with Crippen molar-refractivity contribution in [3.05, 3.63) is 89.5 Å². The first-order valence-corrected chi connectivity index (χ1v) is 9.94. The van der Waals surface area contributed by atoms with Gasteiger partial charge in [0.25, 0.3) is 0 Å². The molecule has 0 saturated carbocycles. The first kappa shape index (κ1) is 20.6. The van der Waals surface area contributed by atoms with Crippen LogP contribution in [0.15, 0.2) is 72.8 Å². The van der Waals surface area contributed by atoms with Crippen LogP contribution in [-0.4, -0.2) is 11.1 Å². The largest absolute Gasteiger partial charge is 0.489 e. The van der Waals surface area contributed by atoms with Gasteiger partial charge in [-0.3, -0.25) is 4.79 Å². The fourth-order valence-electron chi connectivity index (χ4n) is 3.38. The second kappa shape index (κ2) is 9.89. The van der Waals surface area contributed by atoms with Crippen molar-refractivity contribution in [1.82, 2.24) is 0 Å². The van der Waals surface area contributed by atoms with Crippen molar-refractivity contribution < 1.29 is 14.6 Å². The molecule has 0 aliphatic rings. The number of benzene rings is 3. The smallest absolute Gasteiger partial charge is 0.307 e. The lowest BCUT2D eigenvalue weighted by Gasteiger charge is -2.13. The van der Waals surface area contributed by atoms with E-state index in [-0.39, 0.29) is 12.5 Å². The second-order valence-electron chi connectivity index (χ2n) is 7.19. The Balaban J connectivity index is 1.76. The molecule has 0 spiro atoms. The Hall–Kier alpha value is -3.11. The molecule has 3 rings (SSSR count). The molecule has 0 fully saturated rings. The Labute approximate surface area is 172 Å². The van der Waals surface area contributed by atoms with E-state index in [1.807, 2.05) is 30.3 Å². The highest BCUT2D eigenvalue weighted by atomic mass is 16.5.